The van der Waals surface area contributed by atoms with Gasteiger partial charge in [-0.05, 0) is 83.5 Å². The molecule has 0 aliphatic heterocycles. The normalized spacial score (nSPS) is 15.2. The second kappa shape index (κ2) is 41.5. The molecule has 0 bridgehead atoms. The summed E-state index contributed by atoms with van der Waals surface area (Å²) in [6.45, 7) is 4.46. The van der Waals surface area contributed by atoms with Crippen molar-refractivity contribution in [2.75, 3.05) is 40.9 Å². The van der Waals surface area contributed by atoms with Gasteiger partial charge in [-0.15, -0.1) is 0 Å². The lowest BCUT2D eigenvalue weighted by atomic mass is 10.0. The number of nitrogens with zero attached hydrogens (tertiary/aromatic N) is 1. The Labute approximate surface area is 368 Å². The van der Waals surface area contributed by atoms with E-state index in [1.54, 1.807) is 0 Å². The first-order valence-corrected chi connectivity index (χ1v) is 24.7. The van der Waals surface area contributed by atoms with Crippen LogP contribution in [-0.4, -0.2) is 68.5 Å². The van der Waals surface area contributed by atoms with Gasteiger partial charge in [-0.25, -0.2) is 0 Å². The van der Waals surface area contributed by atoms with E-state index in [0.29, 0.717) is 23.9 Å². The first-order valence-electron chi connectivity index (χ1n) is 23.2. The van der Waals surface area contributed by atoms with Gasteiger partial charge in [0.25, 0.3) is 7.82 Å². The minimum atomic E-state index is -4.56. The van der Waals surface area contributed by atoms with Gasteiger partial charge in [0.05, 0.1) is 39.9 Å². The van der Waals surface area contributed by atoms with E-state index in [4.69, 9.17) is 9.05 Å². The van der Waals surface area contributed by atoms with Crippen LogP contribution in [-0.2, 0) is 18.4 Å². The van der Waals surface area contributed by atoms with Crippen LogP contribution in [0.25, 0.3) is 0 Å². The van der Waals surface area contributed by atoms with E-state index in [9.17, 15) is 19.4 Å². The smallest absolute Gasteiger partial charge is 0.268 e. The molecule has 1 amide bonds. The van der Waals surface area contributed by atoms with Crippen LogP contribution in [0.4, 0.5) is 0 Å². The molecule has 342 valence electrons. The molecule has 0 rings (SSSR count). The average Bonchev–Trinajstić information content (AvgIpc) is 3.20. The Morgan fingerprint density at radius 1 is 0.600 bits per heavy atom. The molecule has 9 heteroatoms. The Balaban J connectivity index is 4.08. The second-order valence-electron chi connectivity index (χ2n) is 16.4. The zero-order valence-corrected chi connectivity index (χ0v) is 39.5. The van der Waals surface area contributed by atoms with Crippen molar-refractivity contribution >= 4 is 13.7 Å². The number of phosphoric acid groups is 1. The van der Waals surface area contributed by atoms with Crippen LogP contribution in [0, 0.1) is 0 Å². The highest BCUT2D eigenvalue weighted by Gasteiger charge is 2.24. The molecule has 0 radical (unpaired) electrons. The molecule has 3 atom stereocenters. The number of phosphoric ester groups is 1. The Bertz CT molecular complexity index is 1340. The van der Waals surface area contributed by atoms with E-state index in [-0.39, 0.29) is 19.1 Å². The van der Waals surface area contributed by atoms with Crippen molar-refractivity contribution in [2.45, 2.75) is 167 Å². The number of unbranched alkanes of at least 4 members (excludes halogenated alkanes) is 9. The monoisotopic (exact) mass is 855 g/mol. The SMILES string of the molecule is CC/C=C\C/C=C\C/C=C\C/C=C\C/C=C\C/C=C\C/C=C\C/C=C\C/C=C\CCCCCCCC(=O)NC(COP(=O)([O-])OCC[N+](C)(C)C)C(O)CCCCCCC. The molecule has 2 N–H and O–H groups in total. The zero-order valence-electron chi connectivity index (χ0n) is 38.6. The van der Waals surface area contributed by atoms with Crippen molar-refractivity contribution in [3.63, 3.8) is 0 Å². The summed E-state index contributed by atoms with van der Waals surface area (Å²) < 4.78 is 23.0. The first-order chi connectivity index (χ1) is 29.0. The van der Waals surface area contributed by atoms with E-state index in [0.717, 1.165) is 128 Å². The minimum Gasteiger partial charge on any atom is -0.756 e. The predicted octanol–water partition coefficient (Wildman–Crippen LogP) is 12.7. The van der Waals surface area contributed by atoms with E-state index >= 15 is 0 Å². The summed E-state index contributed by atoms with van der Waals surface area (Å²) in [6, 6.07) is -0.815. The fourth-order valence-electron chi connectivity index (χ4n) is 5.85. The van der Waals surface area contributed by atoms with E-state index in [1.165, 1.54) is 0 Å². The van der Waals surface area contributed by atoms with Gasteiger partial charge in [0, 0.05) is 6.42 Å². The average molecular weight is 855 g/mol. The van der Waals surface area contributed by atoms with Crippen LogP contribution in [0.15, 0.2) is 109 Å². The van der Waals surface area contributed by atoms with Gasteiger partial charge in [0.15, 0.2) is 0 Å². The summed E-state index contributed by atoms with van der Waals surface area (Å²) in [4.78, 5) is 25.1. The molecule has 0 heterocycles. The molecular formula is C51H87N2O6P. The topological polar surface area (TPSA) is 108 Å². The molecule has 0 saturated heterocycles. The lowest BCUT2D eigenvalue weighted by molar-refractivity contribution is -0.870. The maximum atomic E-state index is 12.8. The largest absolute Gasteiger partial charge is 0.756 e. The van der Waals surface area contributed by atoms with Gasteiger partial charge in [-0.1, -0.05) is 175 Å². The number of carbonyl (C=O) groups excluding carboxylic acids is 1. The van der Waals surface area contributed by atoms with Crippen LogP contribution < -0.4 is 10.2 Å². The van der Waals surface area contributed by atoms with Crippen LogP contribution in [0.3, 0.4) is 0 Å². The second-order valence-corrected chi connectivity index (χ2v) is 17.8. The Hall–Kier alpha value is -2.84. The molecule has 0 fully saturated rings. The summed E-state index contributed by atoms with van der Waals surface area (Å²) in [7, 11) is 1.26. The van der Waals surface area contributed by atoms with Gasteiger partial charge in [0.1, 0.15) is 13.2 Å². The Morgan fingerprint density at radius 2 is 1.02 bits per heavy atom. The van der Waals surface area contributed by atoms with E-state index in [1.807, 2.05) is 21.1 Å². The molecule has 0 aromatic carbocycles. The number of rotatable bonds is 40. The number of hydrogen-bond acceptors (Lipinski definition) is 6. The maximum absolute atomic E-state index is 12.8. The molecule has 0 aromatic rings. The Kier molecular flexibility index (Phi) is 39.5. The fraction of sp³-hybridized carbons (Fsp3) is 0.627. The lowest BCUT2D eigenvalue weighted by Crippen LogP contribution is -2.46. The van der Waals surface area contributed by atoms with Crippen molar-refractivity contribution in [2.24, 2.45) is 0 Å². The summed E-state index contributed by atoms with van der Waals surface area (Å²) in [5, 5.41) is 13.7. The molecule has 0 saturated carbocycles. The molecule has 3 unspecified atom stereocenters. The highest BCUT2D eigenvalue weighted by atomic mass is 31.2. The lowest BCUT2D eigenvalue weighted by Gasteiger charge is -2.30. The predicted molar refractivity (Wildman–Crippen MR) is 256 cm³/mol. The highest BCUT2D eigenvalue weighted by molar-refractivity contribution is 7.45. The molecule has 0 aliphatic carbocycles. The molecular weight excluding hydrogens is 768 g/mol. The van der Waals surface area contributed by atoms with Gasteiger partial charge in [0.2, 0.25) is 5.91 Å². The third-order valence-corrected chi connectivity index (χ3v) is 10.5. The van der Waals surface area contributed by atoms with Crippen LogP contribution in [0.5, 0.6) is 0 Å². The van der Waals surface area contributed by atoms with Crippen LogP contribution in [0.2, 0.25) is 0 Å². The van der Waals surface area contributed by atoms with E-state index in [2.05, 4.69) is 129 Å². The van der Waals surface area contributed by atoms with Gasteiger partial charge in [-0.3, -0.25) is 9.36 Å². The summed E-state index contributed by atoms with van der Waals surface area (Å²) in [5.41, 5.74) is 0. The van der Waals surface area contributed by atoms with Crippen molar-refractivity contribution < 1.29 is 32.9 Å². The molecule has 0 spiro atoms. The highest BCUT2D eigenvalue weighted by Crippen LogP contribution is 2.38. The number of quaternary nitrogens is 1. The summed E-state index contributed by atoms with van der Waals surface area (Å²) in [5.74, 6) is -0.198. The van der Waals surface area contributed by atoms with Crippen LogP contribution >= 0.6 is 7.82 Å². The number of aliphatic hydroxyl groups is 1. The fourth-order valence-corrected chi connectivity index (χ4v) is 6.58. The van der Waals surface area contributed by atoms with Crippen molar-refractivity contribution in [3.05, 3.63) is 109 Å². The number of nitrogens with one attached hydrogen (secondary N) is 1. The number of likely N-dealkylation sites (N-methyl/N-ethyl adjacent to an activating group) is 1. The molecule has 0 aromatic heterocycles. The first kappa shape index (κ1) is 57.2. The third-order valence-electron chi connectivity index (χ3n) is 9.53. The van der Waals surface area contributed by atoms with Crippen molar-refractivity contribution in [1.82, 2.24) is 5.32 Å². The van der Waals surface area contributed by atoms with E-state index < -0.39 is 20.0 Å². The zero-order chi connectivity index (χ0) is 44.3. The Morgan fingerprint density at radius 3 is 1.48 bits per heavy atom. The number of aliphatic hydroxyl groups excluding tert-OH is 1. The number of allylic oxidation sites excluding steroid dienone is 18. The molecule has 0 aliphatic rings. The molecule has 60 heavy (non-hydrogen) atoms. The maximum Gasteiger partial charge on any atom is 0.268 e. The van der Waals surface area contributed by atoms with Crippen molar-refractivity contribution in [1.29, 1.82) is 0 Å². The molecule has 8 nitrogen and oxygen atoms in total. The number of hydrogen-bond donors (Lipinski definition) is 2. The van der Waals surface area contributed by atoms with Crippen LogP contribution in [0.1, 0.15) is 155 Å². The van der Waals surface area contributed by atoms with Gasteiger partial charge in [-0.2, -0.15) is 0 Å². The summed E-state index contributed by atoms with van der Waals surface area (Å²) >= 11 is 0. The summed E-state index contributed by atoms with van der Waals surface area (Å²) in [6.07, 6.45) is 60.1. The number of amides is 1. The minimum absolute atomic E-state index is 0.000655. The third kappa shape index (κ3) is 43.3. The standard InChI is InChI=1S/C51H87N2O6P/c1-6-8-10-12-13-14-15-16-17-18-19-20-21-22-23-24-25-26-27-28-29-30-31-32-33-34-35-36-37-38-39-41-43-45-51(55)52-49(50(54)44-42-40-11-9-7-2)48-59-60(56,57)58-47-46-53(3,4)5/h8,10,13-14,16-17,19-20,22-23,25-26,28-29,31-32,34-35,49-50,54H,6-7,9,11-12,15,18,21,24,27,30,33,36-48H2,1-5H3,(H-,52,55,56,57)/b10-8-,14-13-,17-16-,20-19-,23-22-,26-25-,29-28-,32-31-,35-34-. The number of carbonyl (C=O) groups is 1. The quantitative estimate of drug-likeness (QED) is 0.0275. The van der Waals surface area contributed by atoms with Crippen molar-refractivity contribution in [3.8, 4) is 0 Å². The van der Waals surface area contributed by atoms with Gasteiger partial charge >= 0.3 is 0 Å². The van der Waals surface area contributed by atoms with Gasteiger partial charge < -0.3 is 28.8 Å².